The molecule has 0 unspecified atom stereocenters. The lowest BCUT2D eigenvalue weighted by Gasteiger charge is -2.28. The van der Waals surface area contributed by atoms with Gasteiger partial charge in [-0.3, -0.25) is 4.90 Å². The molecule has 0 fully saturated rings. The van der Waals surface area contributed by atoms with Gasteiger partial charge in [-0.2, -0.15) is 0 Å². The van der Waals surface area contributed by atoms with E-state index in [-0.39, 0.29) is 0 Å². The summed E-state index contributed by atoms with van der Waals surface area (Å²) in [5.74, 6) is 0.527. The number of nitrogens with zero attached hydrogens (tertiary/aromatic N) is 3. The van der Waals surface area contributed by atoms with E-state index < -0.39 is 0 Å². The Morgan fingerprint density at radius 3 is 2.65 bits per heavy atom. The molecule has 1 aliphatic rings. The number of rotatable bonds is 2. The van der Waals surface area contributed by atoms with Gasteiger partial charge in [0, 0.05) is 37.1 Å². The van der Waals surface area contributed by atoms with Gasteiger partial charge in [0.15, 0.2) is 5.65 Å². The third-order valence-corrected chi connectivity index (χ3v) is 5.15. The number of aromatic nitrogens is 2. The highest BCUT2D eigenvalue weighted by Crippen LogP contribution is 2.24. The molecule has 5 rings (SSSR count). The molecule has 1 aliphatic heterocycles. The van der Waals surface area contributed by atoms with Crippen LogP contribution in [0.15, 0.2) is 60.7 Å². The maximum Gasteiger partial charge on any atom is 0.161 e. The van der Waals surface area contributed by atoms with Crippen LogP contribution in [0.25, 0.3) is 21.8 Å². The van der Waals surface area contributed by atoms with Gasteiger partial charge in [-0.25, -0.2) is 9.97 Å². The molecule has 0 saturated carbocycles. The Bertz CT molecular complexity index is 1120. The zero-order valence-corrected chi connectivity index (χ0v) is 14.5. The summed E-state index contributed by atoms with van der Waals surface area (Å²) >= 11 is 0. The maximum atomic E-state index is 5.79. The van der Waals surface area contributed by atoms with E-state index in [1.165, 1.54) is 21.9 Å². The number of nitrogen functional groups attached to an aromatic ring is 1. The summed E-state index contributed by atoms with van der Waals surface area (Å²) in [6, 6.07) is 21.3. The molecule has 26 heavy (non-hydrogen) atoms. The summed E-state index contributed by atoms with van der Waals surface area (Å²) < 4.78 is 0. The van der Waals surface area contributed by atoms with E-state index in [1.54, 1.807) is 0 Å². The van der Waals surface area contributed by atoms with Gasteiger partial charge in [0.2, 0.25) is 0 Å². The summed E-state index contributed by atoms with van der Waals surface area (Å²) in [6.45, 7) is 2.90. The highest BCUT2D eigenvalue weighted by Gasteiger charge is 2.18. The van der Waals surface area contributed by atoms with Crippen LogP contribution >= 0.6 is 0 Å². The fourth-order valence-corrected chi connectivity index (χ4v) is 3.81. The Hall–Kier alpha value is -2.98. The molecular weight excluding hydrogens is 320 g/mol. The summed E-state index contributed by atoms with van der Waals surface area (Å²) in [5, 5.41) is 3.66. The first-order chi connectivity index (χ1) is 12.7. The van der Waals surface area contributed by atoms with Crippen LogP contribution in [0.2, 0.25) is 0 Å². The minimum absolute atomic E-state index is 0.527. The zero-order chi connectivity index (χ0) is 17.5. The van der Waals surface area contributed by atoms with Gasteiger partial charge < -0.3 is 5.73 Å². The van der Waals surface area contributed by atoms with Crippen molar-refractivity contribution in [2.75, 3.05) is 12.3 Å². The second-order valence-corrected chi connectivity index (χ2v) is 7.02. The predicted octanol–water partition coefficient (Wildman–Crippen LogP) is 3.92. The molecule has 0 amide bonds. The van der Waals surface area contributed by atoms with Crippen molar-refractivity contribution in [3.63, 3.8) is 0 Å². The Balaban J connectivity index is 1.41. The van der Waals surface area contributed by atoms with Crippen LogP contribution in [0.5, 0.6) is 0 Å². The van der Waals surface area contributed by atoms with Crippen molar-refractivity contribution in [1.29, 1.82) is 0 Å². The number of anilines is 1. The third-order valence-electron chi connectivity index (χ3n) is 5.15. The average Bonchev–Trinajstić information content (AvgIpc) is 2.66. The summed E-state index contributed by atoms with van der Waals surface area (Å²) in [7, 11) is 0. The first-order valence-corrected chi connectivity index (χ1v) is 9.00. The topological polar surface area (TPSA) is 55.0 Å². The van der Waals surface area contributed by atoms with E-state index in [1.807, 2.05) is 12.1 Å². The first-order valence-electron chi connectivity index (χ1n) is 9.00. The molecule has 4 heteroatoms. The molecule has 4 nitrogen and oxygen atoms in total. The fourth-order valence-electron chi connectivity index (χ4n) is 3.81. The van der Waals surface area contributed by atoms with Crippen LogP contribution in [0.4, 0.5) is 5.82 Å². The van der Waals surface area contributed by atoms with Crippen LogP contribution in [-0.2, 0) is 19.5 Å². The number of hydrogen-bond donors (Lipinski definition) is 1. The van der Waals surface area contributed by atoms with Gasteiger partial charge in [0.1, 0.15) is 5.82 Å². The van der Waals surface area contributed by atoms with Crippen LogP contribution in [0.3, 0.4) is 0 Å². The minimum Gasteiger partial charge on any atom is -0.384 e. The average molecular weight is 340 g/mol. The van der Waals surface area contributed by atoms with Crippen molar-refractivity contribution >= 4 is 27.6 Å². The van der Waals surface area contributed by atoms with Crippen LogP contribution < -0.4 is 5.73 Å². The summed E-state index contributed by atoms with van der Waals surface area (Å²) in [6.07, 6.45) is 0.954. The lowest BCUT2D eigenvalue weighted by atomic mass is 10.0. The van der Waals surface area contributed by atoms with Gasteiger partial charge in [-0.15, -0.1) is 0 Å². The van der Waals surface area contributed by atoms with Crippen molar-refractivity contribution in [3.8, 4) is 0 Å². The smallest absolute Gasteiger partial charge is 0.161 e. The first kappa shape index (κ1) is 15.3. The van der Waals surface area contributed by atoms with E-state index in [4.69, 9.17) is 10.7 Å². The monoisotopic (exact) mass is 340 g/mol. The van der Waals surface area contributed by atoms with Crippen LogP contribution in [-0.4, -0.2) is 21.4 Å². The fraction of sp³-hybridized carbons (Fsp3) is 0.182. The third kappa shape index (κ3) is 2.78. The Morgan fingerprint density at radius 1 is 0.885 bits per heavy atom. The molecule has 2 aromatic heterocycles. The second-order valence-electron chi connectivity index (χ2n) is 7.02. The second kappa shape index (κ2) is 6.07. The van der Waals surface area contributed by atoms with Gasteiger partial charge in [-0.05, 0) is 46.2 Å². The Kier molecular flexibility index (Phi) is 3.57. The van der Waals surface area contributed by atoms with Gasteiger partial charge in [0.25, 0.3) is 0 Å². The molecule has 2 N–H and O–H groups in total. The molecule has 2 aromatic carbocycles. The lowest BCUT2D eigenvalue weighted by molar-refractivity contribution is 0.244. The highest BCUT2D eigenvalue weighted by atomic mass is 15.1. The molecule has 0 atom stereocenters. The lowest BCUT2D eigenvalue weighted by Crippen LogP contribution is -2.30. The van der Waals surface area contributed by atoms with Gasteiger partial charge >= 0.3 is 0 Å². The molecule has 0 spiro atoms. The molecular formula is C22H20N4. The van der Waals surface area contributed by atoms with Crippen molar-refractivity contribution in [2.24, 2.45) is 0 Å². The minimum atomic E-state index is 0.527. The molecule has 128 valence electrons. The normalized spacial score (nSPS) is 14.6. The maximum absolute atomic E-state index is 5.79. The van der Waals surface area contributed by atoms with Crippen LogP contribution in [0.1, 0.15) is 16.8 Å². The van der Waals surface area contributed by atoms with Crippen molar-refractivity contribution in [3.05, 3.63) is 77.5 Å². The van der Waals surface area contributed by atoms with Gasteiger partial charge in [-0.1, -0.05) is 36.4 Å². The van der Waals surface area contributed by atoms with E-state index >= 15 is 0 Å². The number of benzene rings is 2. The number of fused-ring (bicyclic) bond motifs is 3. The predicted molar refractivity (Wildman–Crippen MR) is 106 cm³/mol. The van der Waals surface area contributed by atoms with Gasteiger partial charge in [0.05, 0.1) is 0 Å². The summed E-state index contributed by atoms with van der Waals surface area (Å²) in [4.78, 5) is 11.6. The van der Waals surface area contributed by atoms with Crippen LogP contribution in [0, 0.1) is 0 Å². The van der Waals surface area contributed by atoms with E-state index in [9.17, 15) is 0 Å². The summed E-state index contributed by atoms with van der Waals surface area (Å²) in [5.41, 5.74) is 10.4. The number of hydrogen-bond acceptors (Lipinski definition) is 4. The molecule has 3 heterocycles. The Labute approximate surface area is 152 Å². The van der Waals surface area contributed by atoms with Crippen molar-refractivity contribution < 1.29 is 0 Å². The number of pyridine rings is 2. The standard InChI is InChI=1S/C22H20N4/c23-21-8-7-18-12-19-14-26(10-9-20(19)24-22(18)25-21)13-15-5-6-16-3-1-2-4-17(16)11-15/h1-8,11-12H,9-10,13-14H2,(H2,23,24,25). The van der Waals surface area contributed by atoms with Crippen molar-refractivity contribution in [2.45, 2.75) is 19.5 Å². The molecule has 0 saturated heterocycles. The quantitative estimate of drug-likeness (QED) is 0.601. The Morgan fingerprint density at radius 2 is 1.73 bits per heavy atom. The molecule has 0 bridgehead atoms. The van der Waals surface area contributed by atoms with E-state index in [2.05, 4.69) is 58.4 Å². The zero-order valence-electron chi connectivity index (χ0n) is 14.5. The molecule has 4 aromatic rings. The SMILES string of the molecule is Nc1ccc2cc3c(nc2n1)CCN(Cc1ccc2ccccc2c1)C3. The number of nitrogens with two attached hydrogens (primary N) is 1. The molecule has 0 aliphatic carbocycles. The highest BCUT2D eigenvalue weighted by molar-refractivity contribution is 5.83. The largest absolute Gasteiger partial charge is 0.384 e. The van der Waals surface area contributed by atoms with Crippen molar-refractivity contribution in [1.82, 2.24) is 14.9 Å². The van der Waals surface area contributed by atoms with E-state index in [0.29, 0.717) is 5.82 Å². The van der Waals surface area contributed by atoms with E-state index in [0.717, 1.165) is 42.8 Å². The molecule has 0 radical (unpaired) electrons.